The van der Waals surface area contributed by atoms with E-state index < -0.39 is 0 Å². The van der Waals surface area contributed by atoms with Crippen molar-refractivity contribution < 1.29 is 38.1 Å². The van der Waals surface area contributed by atoms with Crippen molar-refractivity contribution in [2.75, 3.05) is 11.9 Å². The number of thiazole rings is 1. The van der Waals surface area contributed by atoms with Crippen molar-refractivity contribution in [1.29, 1.82) is 0 Å². The molecule has 0 saturated carbocycles. The number of hydrogen-bond donors (Lipinski definition) is 1. The zero-order chi connectivity index (χ0) is 14.5. The van der Waals surface area contributed by atoms with Crippen molar-refractivity contribution in [2.24, 2.45) is 7.05 Å². The van der Waals surface area contributed by atoms with E-state index in [1.54, 1.807) is 24.3 Å². The van der Waals surface area contributed by atoms with Crippen molar-refractivity contribution in [1.82, 2.24) is 0 Å². The lowest BCUT2D eigenvalue weighted by molar-refractivity contribution is -0.652. The van der Waals surface area contributed by atoms with Crippen LogP contribution in [0, 0.1) is 0 Å². The molecule has 0 aliphatic carbocycles. The van der Waals surface area contributed by atoms with Crippen molar-refractivity contribution >= 4 is 39.7 Å². The number of hydrogen-bond acceptors (Lipinski definition) is 4. The summed E-state index contributed by atoms with van der Waals surface area (Å²) in [6, 6.07) is 5.53. The Kier molecular flexibility index (Phi) is 7.41. The molecule has 0 bridgehead atoms. The Balaban J connectivity index is 0.00000220. The monoisotopic (exact) mass is 438 g/mol. The number of esters is 1. The Morgan fingerprint density at radius 3 is 2.81 bits per heavy atom. The van der Waals surface area contributed by atoms with Crippen LogP contribution in [-0.4, -0.2) is 12.6 Å². The van der Waals surface area contributed by atoms with Crippen LogP contribution in [0.15, 0.2) is 29.8 Å². The first-order chi connectivity index (χ1) is 9.60. The SMILES string of the molecule is CCOC(=O)Cc1ccc(Nc2scc[n+]2C)c(Cl)c1.[I-]. The summed E-state index contributed by atoms with van der Waals surface area (Å²) in [4.78, 5) is 11.4. The van der Waals surface area contributed by atoms with E-state index in [9.17, 15) is 4.79 Å². The highest BCUT2D eigenvalue weighted by Crippen LogP contribution is 2.27. The normalized spacial score (nSPS) is 9.86. The van der Waals surface area contributed by atoms with E-state index in [1.165, 1.54) is 0 Å². The van der Waals surface area contributed by atoms with Gasteiger partial charge in [0, 0.05) is 5.38 Å². The number of halogens is 2. The molecule has 1 heterocycles. The Morgan fingerprint density at radius 2 is 2.24 bits per heavy atom. The molecule has 0 atom stereocenters. The van der Waals surface area contributed by atoms with Gasteiger partial charge in [0.05, 0.1) is 25.1 Å². The first-order valence-electron chi connectivity index (χ1n) is 6.24. The van der Waals surface area contributed by atoms with Gasteiger partial charge in [0.1, 0.15) is 11.9 Å². The predicted octanol–water partition coefficient (Wildman–Crippen LogP) is 0.0792. The molecule has 0 amide bonds. The second-order valence-electron chi connectivity index (χ2n) is 4.24. The summed E-state index contributed by atoms with van der Waals surface area (Å²) >= 11 is 7.83. The number of aryl methyl sites for hydroxylation is 1. The van der Waals surface area contributed by atoms with Gasteiger partial charge in [-0.05, 0) is 24.6 Å². The second kappa shape index (κ2) is 8.55. The highest BCUT2D eigenvalue weighted by atomic mass is 127. The van der Waals surface area contributed by atoms with E-state index in [2.05, 4.69) is 5.32 Å². The summed E-state index contributed by atoms with van der Waals surface area (Å²) in [6.07, 6.45) is 2.21. The lowest BCUT2D eigenvalue weighted by Gasteiger charge is -2.05. The molecule has 4 nitrogen and oxygen atoms in total. The molecule has 21 heavy (non-hydrogen) atoms. The number of rotatable bonds is 5. The molecule has 0 fully saturated rings. The Hall–Kier alpha value is -0.860. The third kappa shape index (κ3) is 5.12. The van der Waals surface area contributed by atoms with Gasteiger partial charge in [0.15, 0.2) is 0 Å². The van der Waals surface area contributed by atoms with Gasteiger partial charge in [-0.3, -0.25) is 4.79 Å². The molecule has 2 aromatic rings. The summed E-state index contributed by atoms with van der Waals surface area (Å²) < 4.78 is 6.90. The second-order valence-corrected chi connectivity index (χ2v) is 5.54. The van der Waals surface area contributed by atoms with Crippen LogP contribution in [-0.2, 0) is 23.0 Å². The molecule has 0 unspecified atom stereocenters. The molecule has 1 aromatic heterocycles. The first kappa shape index (κ1) is 18.2. The van der Waals surface area contributed by atoms with Crippen LogP contribution in [0.1, 0.15) is 12.5 Å². The minimum atomic E-state index is -0.242. The number of anilines is 2. The lowest BCUT2D eigenvalue weighted by Crippen LogP contribution is -3.00. The van der Waals surface area contributed by atoms with Gasteiger partial charge in [-0.15, -0.1) is 0 Å². The minimum Gasteiger partial charge on any atom is -1.00 e. The van der Waals surface area contributed by atoms with Crippen LogP contribution >= 0.6 is 22.9 Å². The van der Waals surface area contributed by atoms with Gasteiger partial charge in [-0.2, -0.15) is 0 Å². The van der Waals surface area contributed by atoms with E-state index in [1.807, 2.05) is 35.3 Å². The highest BCUT2D eigenvalue weighted by molar-refractivity contribution is 7.13. The third-order valence-corrected chi connectivity index (χ3v) is 3.90. The third-order valence-electron chi connectivity index (χ3n) is 2.71. The number of nitrogens with zero attached hydrogens (tertiary/aromatic N) is 1. The van der Waals surface area contributed by atoms with Crippen molar-refractivity contribution in [2.45, 2.75) is 13.3 Å². The number of carbonyl (C=O) groups is 1. The fourth-order valence-electron chi connectivity index (χ4n) is 1.72. The quantitative estimate of drug-likeness (QED) is 0.408. The summed E-state index contributed by atoms with van der Waals surface area (Å²) in [6.45, 7) is 2.18. The van der Waals surface area contributed by atoms with Gasteiger partial charge >= 0.3 is 11.1 Å². The molecule has 114 valence electrons. The topological polar surface area (TPSA) is 42.2 Å². The Morgan fingerprint density at radius 1 is 1.48 bits per heavy atom. The van der Waals surface area contributed by atoms with Gasteiger partial charge in [-0.25, -0.2) is 9.88 Å². The Labute approximate surface area is 150 Å². The fourth-order valence-corrected chi connectivity index (χ4v) is 2.74. The van der Waals surface area contributed by atoms with E-state index in [0.29, 0.717) is 11.6 Å². The first-order valence-corrected chi connectivity index (χ1v) is 7.50. The maximum atomic E-state index is 11.4. The molecular formula is C14H16ClIN2O2S. The van der Waals surface area contributed by atoms with Crippen LogP contribution in [0.2, 0.25) is 5.02 Å². The lowest BCUT2D eigenvalue weighted by atomic mass is 10.1. The molecule has 0 radical (unpaired) electrons. The summed E-state index contributed by atoms with van der Waals surface area (Å²) in [5, 5.41) is 6.83. The average molecular weight is 439 g/mol. The van der Waals surface area contributed by atoms with Crippen LogP contribution < -0.4 is 33.9 Å². The fraction of sp³-hybridized carbons (Fsp3) is 0.286. The van der Waals surface area contributed by atoms with Crippen LogP contribution in [0.25, 0.3) is 0 Å². The van der Waals surface area contributed by atoms with Gasteiger partial charge in [0.25, 0.3) is 0 Å². The molecule has 1 N–H and O–H groups in total. The Bertz CT molecular complexity index is 619. The number of aromatic nitrogens is 1. The van der Waals surface area contributed by atoms with Gasteiger partial charge in [0.2, 0.25) is 0 Å². The molecule has 2 rings (SSSR count). The standard InChI is InChI=1S/C14H15ClN2O2S.HI/c1-3-19-13(18)9-10-4-5-12(11(15)8-10)16-14-17(2)6-7-20-14;/h4-8H,3,9H2,1-2H3;1H. The predicted molar refractivity (Wildman–Crippen MR) is 80.6 cm³/mol. The minimum absolute atomic E-state index is 0. The molecule has 0 saturated heterocycles. The summed E-state index contributed by atoms with van der Waals surface area (Å²) in [7, 11) is 1.96. The maximum absolute atomic E-state index is 11.4. The molecular weight excluding hydrogens is 423 g/mol. The molecule has 0 spiro atoms. The highest BCUT2D eigenvalue weighted by Gasteiger charge is 2.13. The number of carbonyl (C=O) groups excluding carboxylic acids is 1. The van der Waals surface area contributed by atoms with Crippen LogP contribution in [0.3, 0.4) is 0 Å². The van der Waals surface area contributed by atoms with Crippen molar-refractivity contribution in [3.8, 4) is 0 Å². The summed E-state index contributed by atoms with van der Waals surface area (Å²) in [5.41, 5.74) is 1.66. The van der Waals surface area contributed by atoms with E-state index >= 15 is 0 Å². The molecule has 0 aliphatic heterocycles. The van der Waals surface area contributed by atoms with Gasteiger partial charge < -0.3 is 28.7 Å². The van der Waals surface area contributed by atoms with E-state index in [0.717, 1.165) is 16.4 Å². The van der Waals surface area contributed by atoms with Crippen molar-refractivity contribution in [3.63, 3.8) is 0 Å². The summed E-state index contributed by atoms with van der Waals surface area (Å²) in [5.74, 6) is -0.242. The van der Waals surface area contributed by atoms with Crippen LogP contribution in [0.4, 0.5) is 10.8 Å². The van der Waals surface area contributed by atoms with Crippen LogP contribution in [0.5, 0.6) is 0 Å². The number of nitrogens with one attached hydrogen (secondary N) is 1. The zero-order valence-corrected chi connectivity index (χ0v) is 15.5. The number of benzene rings is 1. The van der Waals surface area contributed by atoms with E-state index in [4.69, 9.17) is 16.3 Å². The zero-order valence-electron chi connectivity index (χ0n) is 11.7. The smallest absolute Gasteiger partial charge is 0.338 e. The number of ether oxygens (including phenoxy) is 1. The maximum Gasteiger partial charge on any atom is 0.338 e. The van der Waals surface area contributed by atoms with E-state index in [-0.39, 0.29) is 36.4 Å². The van der Waals surface area contributed by atoms with Crippen molar-refractivity contribution in [3.05, 3.63) is 40.4 Å². The molecule has 7 heteroatoms. The average Bonchev–Trinajstić information content (AvgIpc) is 2.79. The largest absolute Gasteiger partial charge is 1.00 e. The molecule has 1 aromatic carbocycles. The molecule has 0 aliphatic rings. The van der Waals surface area contributed by atoms with Gasteiger partial charge in [-0.1, -0.05) is 29.0 Å².